The highest BCUT2D eigenvalue weighted by atomic mass is 16.5. The van der Waals surface area contributed by atoms with Gasteiger partial charge in [-0.2, -0.15) is 0 Å². The van der Waals surface area contributed by atoms with Crippen molar-refractivity contribution in [3.8, 4) is 51.7 Å². The topological polar surface area (TPSA) is 197 Å². The minimum absolute atomic E-state index is 0.00879. The Hall–Kier alpha value is -5.03. The van der Waals surface area contributed by atoms with Crippen LogP contribution in [0.5, 0.6) is 51.7 Å². The summed E-state index contributed by atoms with van der Waals surface area (Å²) in [5.74, 6) is -1.39. The Labute approximate surface area is 226 Å². The van der Waals surface area contributed by atoms with Crippen molar-refractivity contribution in [2.45, 2.75) is 31.5 Å². The van der Waals surface area contributed by atoms with Crippen LogP contribution < -0.4 is 14.9 Å². The van der Waals surface area contributed by atoms with E-state index >= 15 is 0 Å². The van der Waals surface area contributed by atoms with Crippen molar-refractivity contribution < 1.29 is 50.3 Å². The molecule has 6 rings (SSSR count). The van der Waals surface area contributed by atoms with E-state index in [9.17, 15) is 40.5 Å². The highest BCUT2D eigenvalue weighted by Gasteiger charge is 2.32. The minimum Gasteiger partial charge on any atom is -0.508 e. The summed E-state index contributed by atoms with van der Waals surface area (Å²) in [7, 11) is 0. The predicted octanol–water partition coefficient (Wildman–Crippen LogP) is 3.19. The number of aliphatic hydroxyl groups is 1. The number of phenolic OH excluding ortho intramolecular Hbond substituents is 6. The fraction of sp³-hybridized carbons (Fsp3) is 0.207. The lowest BCUT2D eigenvalue weighted by Gasteiger charge is -2.31. The molecule has 11 heteroatoms. The lowest BCUT2D eigenvalue weighted by molar-refractivity contribution is 0.0198. The van der Waals surface area contributed by atoms with E-state index in [1.54, 1.807) is 0 Å². The van der Waals surface area contributed by atoms with Gasteiger partial charge in [0.15, 0.2) is 17.2 Å². The average Bonchev–Trinajstić information content (AvgIpc) is 3.03. The molecule has 2 aliphatic rings. The number of hydrogen-bond acceptors (Lipinski definition) is 11. The van der Waals surface area contributed by atoms with Crippen LogP contribution in [0.15, 0.2) is 53.3 Å². The number of benzene rings is 3. The third kappa shape index (κ3) is 4.90. The van der Waals surface area contributed by atoms with Crippen LogP contribution in [-0.4, -0.2) is 53.6 Å². The smallest absolute Gasteiger partial charge is 0.221 e. The van der Waals surface area contributed by atoms with Crippen LogP contribution in [0.2, 0.25) is 0 Å². The quantitative estimate of drug-likeness (QED) is 0.162. The molecule has 0 spiro atoms. The molecule has 0 saturated heterocycles. The molecule has 2 aliphatic heterocycles. The number of rotatable bonds is 1. The molecule has 0 saturated carbocycles. The summed E-state index contributed by atoms with van der Waals surface area (Å²) in [6, 6.07) is 10.4. The highest BCUT2D eigenvalue weighted by molar-refractivity contribution is 5.94. The van der Waals surface area contributed by atoms with Crippen LogP contribution in [0, 0.1) is 0 Å². The van der Waals surface area contributed by atoms with Gasteiger partial charge in [0.05, 0.1) is 18.1 Å². The van der Waals surface area contributed by atoms with Gasteiger partial charge in [-0.05, 0) is 42.0 Å². The van der Waals surface area contributed by atoms with E-state index in [1.165, 1.54) is 36.4 Å². The van der Waals surface area contributed by atoms with Gasteiger partial charge in [-0.3, -0.25) is 4.79 Å². The minimum atomic E-state index is -1.13. The standard InChI is InChI=1S/C20H16O8.C9H10O3/c21-10-5-13(23)11-7-15(25)20(28-16(11)6-10)9-3-8-1-2-12(22)18(26)17(8)19(27)14(24)4-9;10-6-4-8(11)7-2-1-3-12-9(7)5-6/h1-6,15,20-23,25-26H,7H2,(H,24,27);4-5,10-11H,1-3H2. The largest absolute Gasteiger partial charge is 0.508 e. The van der Waals surface area contributed by atoms with Crippen LogP contribution in [0.25, 0.3) is 10.8 Å². The summed E-state index contributed by atoms with van der Waals surface area (Å²) >= 11 is 0. The van der Waals surface area contributed by atoms with Crippen LogP contribution in [0.4, 0.5) is 0 Å². The number of ether oxygens (including phenoxy) is 2. The van der Waals surface area contributed by atoms with Crippen molar-refractivity contribution >= 4 is 10.8 Å². The summed E-state index contributed by atoms with van der Waals surface area (Å²) in [4.78, 5) is 12.4. The zero-order chi connectivity index (χ0) is 28.7. The van der Waals surface area contributed by atoms with E-state index in [0.717, 1.165) is 30.5 Å². The second-order valence-corrected chi connectivity index (χ2v) is 9.54. The van der Waals surface area contributed by atoms with E-state index in [2.05, 4.69) is 0 Å². The molecule has 40 heavy (non-hydrogen) atoms. The van der Waals surface area contributed by atoms with Gasteiger partial charge in [-0.25, -0.2) is 0 Å². The molecule has 8 N–H and O–H groups in total. The Kier molecular flexibility index (Phi) is 6.82. The van der Waals surface area contributed by atoms with Crippen molar-refractivity contribution in [2.24, 2.45) is 0 Å². The zero-order valence-electron chi connectivity index (χ0n) is 20.9. The molecule has 4 aromatic carbocycles. The van der Waals surface area contributed by atoms with Crippen LogP contribution >= 0.6 is 0 Å². The van der Waals surface area contributed by atoms with Gasteiger partial charge >= 0.3 is 0 Å². The molecular weight excluding hydrogens is 524 g/mol. The maximum atomic E-state index is 12.4. The Balaban J connectivity index is 0.000000223. The Morgan fingerprint density at radius 1 is 0.725 bits per heavy atom. The molecule has 2 atom stereocenters. The fourth-order valence-electron chi connectivity index (χ4n) is 4.87. The van der Waals surface area contributed by atoms with E-state index in [1.807, 2.05) is 0 Å². The summed E-state index contributed by atoms with van der Waals surface area (Å²) < 4.78 is 11.0. The maximum absolute atomic E-state index is 12.4. The van der Waals surface area contributed by atoms with Gasteiger partial charge in [0, 0.05) is 41.8 Å². The van der Waals surface area contributed by atoms with Crippen molar-refractivity contribution in [1.82, 2.24) is 0 Å². The van der Waals surface area contributed by atoms with Crippen molar-refractivity contribution in [3.05, 3.63) is 75.4 Å². The summed E-state index contributed by atoms with van der Waals surface area (Å²) in [5, 5.41) is 78.6. The summed E-state index contributed by atoms with van der Waals surface area (Å²) in [5.41, 5.74) is 0.492. The van der Waals surface area contributed by atoms with Gasteiger partial charge in [0.1, 0.15) is 40.6 Å². The molecule has 0 aromatic heterocycles. The van der Waals surface area contributed by atoms with Crippen LogP contribution in [0.1, 0.15) is 29.2 Å². The number of aromatic hydroxyl groups is 7. The third-order valence-corrected chi connectivity index (χ3v) is 6.79. The van der Waals surface area contributed by atoms with E-state index in [-0.39, 0.29) is 51.5 Å². The van der Waals surface area contributed by atoms with Crippen molar-refractivity contribution in [2.75, 3.05) is 6.61 Å². The molecular formula is C29H26O11. The normalized spacial score (nSPS) is 17.4. The molecule has 0 amide bonds. The molecule has 0 aliphatic carbocycles. The SMILES string of the molecule is O=c1cc(C2Oc3cc(O)cc(O)c3CC2O)cc2ccc(O)c(O)c2c1O.Oc1cc(O)c2c(c1)OCCC2. The number of fused-ring (bicyclic) bond motifs is 3. The first kappa shape index (κ1) is 26.6. The molecule has 208 valence electrons. The Morgan fingerprint density at radius 3 is 2.12 bits per heavy atom. The molecule has 0 radical (unpaired) electrons. The van der Waals surface area contributed by atoms with Crippen LogP contribution in [-0.2, 0) is 12.8 Å². The predicted molar refractivity (Wildman–Crippen MR) is 142 cm³/mol. The highest BCUT2D eigenvalue weighted by Crippen LogP contribution is 2.43. The molecule has 0 fully saturated rings. The first-order valence-corrected chi connectivity index (χ1v) is 12.3. The van der Waals surface area contributed by atoms with E-state index < -0.39 is 34.9 Å². The number of hydrogen-bond donors (Lipinski definition) is 8. The van der Waals surface area contributed by atoms with Gasteiger partial charge in [-0.1, -0.05) is 6.07 Å². The van der Waals surface area contributed by atoms with Gasteiger partial charge in [-0.15, -0.1) is 0 Å². The second kappa shape index (κ2) is 10.3. The van der Waals surface area contributed by atoms with Crippen LogP contribution in [0.3, 0.4) is 0 Å². The molecule has 4 aromatic rings. The van der Waals surface area contributed by atoms with Crippen molar-refractivity contribution in [3.63, 3.8) is 0 Å². The molecule has 2 unspecified atom stereocenters. The first-order valence-electron chi connectivity index (χ1n) is 12.3. The second-order valence-electron chi connectivity index (χ2n) is 9.54. The van der Waals surface area contributed by atoms with E-state index in [4.69, 9.17) is 14.6 Å². The Morgan fingerprint density at radius 2 is 1.40 bits per heavy atom. The number of aliphatic hydroxyl groups excluding tert-OH is 1. The van der Waals surface area contributed by atoms with E-state index in [0.29, 0.717) is 17.9 Å². The monoisotopic (exact) mass is 550 g/mol. The lowest BCUT2D eigenvalue weighted by Crippen LogP contribution is -2.30. The van der Waals surface area contributed by atoms with Gasteiger partial charge in [0.25, 0.3) is 0 Å². The first-order chi connectivity index (χ1) is 19.0. The molecule has 11 nitrogen and oxygen atoms in total. The molecule has 0 bridgehead atoms. The fourth-order valence-corrected chi connectivity index (χ4v) is 4.87. The van der Waals surface area contributed by atoms with Gasteiger partial charge < -0.3 is 50.3 Å². The Bertz CT molecular complexity index is 1680. The van der Waals surface area contributed by atoms with Gasteiger partial charge in [0.2, 0.25) is 5.43 Å². The number of phenols is 6. The zero-order valence-corrected chi connectivity index (χ0v) is 20.9. The molecule has 2 heterocycles. The lowest BCUT2D eigenvalue weighted by atomic mass is 9.94. The average molecular weight is 551 g/mol. The third-order valence-electron chi connectivity index (χ3n) is 6.79. The maximum Gasteiger partial charge on any atom is 0.221 e. The summed E-state index contributed by atoms with van der Waals surface area (Å²) in [6.07, 6.45) is -0.415. The van der Waals surface area contributed by atoms with Crippen molar-refractivity contribution in [1.29, 1.82) is 0 Å². The summed E-state index contributed by atoms with van der Waals surface area (Å²) in [6.45, 7) is 0.663.